The number of piperidine rings is 1. The van der Waals surface area contributed by atoms with Gasteiger partial charge in [-0.25, -0.2) is 0 Å². The Kier molecular flexibility index (Phi) is 5.59. The van der Waals surface area contributed by atoms with Gasteiger partial charge in [-0.3, -0.25) is 14.4 Å². The highest BCUT2D eigenvalue weighted by Crippen LogP contribution is 2.31. The summed E-state index contributed by atoms with van der Waals surface area (Å²) in [7, 11) is 1.84. The number of anilines is 1. The standard InChI is InChI=1S/C20H27N3O3/c1-3-4-18(24)21-16-7-5-14(6-8-16)11-20(26)23-10-9-15-12-19(25)22(2)17(15)13-23/h5-8,15,17H,3-4,9-13H2,1-2H3,(H,21,24)/t15-,17-/m1/s1. The molecule has 2 saturated heterocycles. The van der Waals surface area contributed by atoms with Gasteiger partial charge in [0.05, 0.1) is 12.5 Å². The molecule has 2 aliphatic rings. The number of carbonyl (C=O) groups is 3. The van der Waals surface area contributed by atoms with Crippen molar-refractivity contribution in [1.82, 2.24) is 9.80 Å². The Hall–Kier alpha value is -2.37. The van der Waals surface area contributed by atoms with E-state index in [1.165, 1.54) is 0 Å². The molecule has 2 aliphatic heterocycles. The summed E-state index contributed by atoms with van der Waals surface area (Å²) < 4.78 is 0. The first-order valence-electron chi connectivity index (χ1n) is 9.40. The predicted molar refractivity (Wildman–Crippen MR) is 99.5 cm³/mol. The Morgan fingerprint density at radius 1 is 1.23 bits per heavy atom. The second-order valence-electron chi connectivity index (χ2n) is 7.34. The SMILES string of the molecule is CCCC(=O)Nc1ccc(CC(=O)N2CC[C@@H]3CC(=O)N(C)[C@@H]3C2)cc1. The minimum atomic E-state index is 0.00873. The van der Waals surface area contributed by atoms with E-state index in [4.69, 9.17) is 0 Å². The highest BCUT2D eigenvalue weighted by molar-refractivity contribution is 5.90. The van der Waals surface area contributed by atoms with E-state index >= 15 is 0 Å². The van der Waals surface area contributed by atoms with Gasteiger partial charge in [-0.05, 0) is 36.5 Å². The number of nitrogens with one attached hydrogen (secondary N) is 1. The lowest BCUT2D eigenvalue weighted by molar-refractivity contribution is -0.134. The van der Waals surface area contributed by atoms with Gasteiger partial charge >= 0.3 is 0 Å². The van der Waals surface area contributed by atoms with E-state index in [0.29, 0.717) is 31.7 Å². The molecule has 0 spiro atoms. The van der Waals surface area contributed by atoms with Crippen molar-refractivity contribution in [2.75, 3.05) is 25.5 Å². The van der Waals surface area contributed by atoms with E-state index in [9.17, 15) is 14.4 Å². The molecule has 2 heterocycles. The molecule has 0 aliphatic carbocycles. The van der Waals surface area contributed by atoms with Crippen LogP contribution in [0, 0.1) is 5.92 Å². The number of likely N-dealkylation sites (tertiary alicyclic amines) is 2. The molecular weight excluding hydrogens is 330 g/mol. The zero-order chi connectivity index (χ0) is 18.7. The summed E-state index contributed by atoms with van der Waals surface area (Å²) in [5, 5.41) is 2.85. The molecule has 0 aromatic heterocycles. The lowest BCUT2D eigenvalue weighted by atomic mass is 9.92. The molecule has 26 heavy (non-hydrogen) atoms. The summed E-state index contributed by atoms with van der Waals surface area (Å²) >= 11 is 0. The molecule has 2 atom stereocenters. The van der Waals surface area contributed by atoms with Crippen LogP contribution in [0.5, 0.6) is 0 Å². The molecule has 1 N–H and O–H groups in total. The van der Waals surface area contributed by atoms with Gasteiger partial charge < -0.3 is 15.1 Å². The van der Waals surface area contributed by atoms with Crippen LogP contribution in [0.15, 0.2) is 24.3 Å². The van der Waals surface area contributed by atoms with Gasteiger partial charge in [0.1, 0.15) is 0 Å². The van der Waals surface area contributed by atoms with Crippen LogP contribution in [0.25, 0.3) is 0 Å². The van der Waals surface area contributed by atoms with E-state index in [0.717, 1.165) is 30.6 Å². The highest BCUT2D eigenvalue weighted by atomic mass is 16.2. The molecule has 3 rings (SSSR count). The largest absolute Gasteiger partial charge is 0.341 e. The van der Waals surface area contributed by atoms with Crippen molar-refractivity contribution in [1.29, 1.82) is 0 Å². The summed E-state index contributed by atoms with van der Waals surface area (Å²) in [5.41, 5.74) is 1.69. The number of amides is 3. The number of hydrogen-bond acceptors (Lipinski definition) is 3. The minimum Gasteiger partial charge on any atom is -0.341 e. The highest BCUT2D eigenvalue weighted by Gasteiger charge is 2.41. The molecule has 0 radical (unpaired) electrons. The fraction of sp³-hybridized carbons (Fsp3) is 0.550. The van der Waals surface area contributed by atoms with Crippen molar-refractivity contribution < 1.29 is 14.4 Å². The van der Waals surface area contributed by atoms with E-state index in [1.807, 2.05) is 43.1 Å². The molecule has 6 nitrogen and oxygen atoms in total. The van der Waals surface area contributed by atoms with Gasteiger partial charge in [0.25, 0.3) is 0 Å². The van der Waals surface area contributed by atoms with Crippen LogP contribution in [-0.2, 0) is 20.8 Å². The minimum absolute atomic E-state index is 0.00873. The maximum absolute atomic E-state index is 12.6. The van der Waals surface area contributed by atoms with Crippen molar-refractivity contribution in [3.8, 4) is 0 Å². The number of hydrogen-bond donors (Lipinski definition) is 1. The Morgan fingerprint density at radius 2 is 1.96 bits per heavy atom. The van der Waals surface area contributed by atoms with Gasteiger partial charge in [-0.2, -0.15) is 0 Å². The Balaban J connectivity index is 1.55. The summed E-state index contributed by atoms with van der Waals surface area (Å²) in [6, 6.07) is 7.61. The molecule has 0 unspecified atom stereocenters. The Bertz CT molecular complexity index is 686. The van der Waals surface area contributed by atoms with Crippen LogP contribution in [0.4, 0.5) is 5.69 Å². The molecule has 140 valence electrons. The van der Waals surface area contributed by atoms with Crippen molar-refractivity contribution >= 4 is 23.4 Å². The first kappa shape index (κ1) is 18.4. The summed E-state index contributed by atoms with van der Waals surface area (Å²) in [6.07, 6.45) is 3.19. The number of benzene rings is 1. The van der Waals surface area contributed by atoms with Crippen LogP contribution in [0.2, 0.25) is 0 Å². The maximum Gasteiger partial charge on any atom is 0.227 e. The first-order chi connectivity index (χ1) is 12.5. The zero-order valence-corrected chi connectivity index (χ0v) is 15.5. The number of fused-ring (bicyclic) bond motifs is 1. The lowest BCUT2D eigenvalue weighted by Crippen LogP contribution is -2.49. The second-order valence-corrected chi connectivity index (χ2v) is 7.34. The molecule has 0 bridgehead atoms. The molecule has 1 aromatic carbocycles. The summed E-state index contributed by atoms with van der Waals surface area (Å²) in [4.78, 5) is 39.8. The fourth-order valence-corrected chi connectivity index (χ4v) is 3.88. The normalized spacial score (nSPS) is 22.3. The van der Waals surface area contributed by atoms with Crippen molar-refractivity contribution in [2.24, 2.45) is 5.92 Å². The fourth-order valence-electron chi connectivity index (χ4n) is 3.88. The Labute approximate surface area is 154 Å². The van der Waals surface area contributed by atoms with E-state index in [-0.39, 0.29) is 23.8 Å². The van der Waals surface area contributed by atoms with Gasteiger partial charge in [-0.15, -0.1) is 0 Å². The van der Waals surface area contributed by atoms with Crippen molar-refractivity contribution in [3.63, 3.8) is 0 Å². The molecule has 3 amide bonds. The molecule has 2 fully saturated rings. The molecule has 1 aromatic rings. The summed E-state index contributed by atoms with van der Waals surface area (Å²) in [5.74, 6) is 0.686. The van der Waals surface area contributed by atoms with Gasteiger partial charge in [0.2, 0.25) is 17.7 Å². The van der Waals surface area contributed by atoms with E-state index in [1.54, 1.807) is 4.90 Å². The van der Waals surface area contributed by atoms with Crippen LogP contribution in [0.1, 0.15) is 38.2 Å². The van der Waals surface area contributed by atoms with Gasteiger partial charge in [-0.1, -0.05) is 19.1 Å². The zero-order valence-electron chi connectivity index (χ0n) is 15.5. The Morgan fingerprint density at radius 3 is 2.65 bits per heavy atom. The van der Waals surface area contributed by atoms with Crippen molar-refractivity contribution in [2.45, 2.75) is 45.1 Å². The predicted octanol–water partition coefficient (Wildman–Crippen LogP) is 2.05. The van der Waals surface area contributed by atoms with Crippen LogP contribution < -0.4 is 5.32 Å². The number of rotatable bonds is 5. The van der Waals surface area contributed by atoms with Crippen LogP contribution in [-0.4, -0.2) is 53.7 Å². The second kappa shape index (κ2) is 7.89. The third kappa shape index (κ3) is 4.06. The smallest absolute Gasteiger partial charge is 0.227 e. The number of likely N-dealkylation sites (N-methyl/N-ethyl adjacent to an activating group) is 1. The van der Waals surface area contributed by atoms with Crippen LogP contribution in [0.3, 0.4) is 0 Å². The molecule has 6 heteroatoms. The summed E-state index contributed by atoms with van der Waals surface area (Å²) in [6.45, 7) is 3.33. The molecule has 0 saturated carbocycles. The van der Waals surface area contributed by atoms with Gasteiger partial charge in [0.15, 0.2) is 0 Å². The quantitative estimate of drug-likeness (QED) is 0.877. The average Bonchev–Trinajstić information content (AvgIpc) is 2.91. The first-order valence-corrected chi connectivity index (χ1v) is 9.40. The lowest BCUT2D eigenvalue weighted by Gasteiger charge is -2.37. The van der Waals surface area contributed by atoms with E-state index in [2.05, 4.69) is 5.32 Å². The number of carbonyl (C=O) groups excluding carboxylic acids is 3. The molecular formula is C20H27N3O3. The average molecular weight is 357 g/mol. The third-order valence-corrected chi connectivity index (χ3v) is 5.47. The third-order valence-electron chi connectivity index (χ3n) is 5.47. The monoisotopic (exact) mass is 357 g/mol. The number of nitrogens with zero attached hydrogens (tertiary/aromatic N) is 2. The maximum atomic E-state index is 12.6. The van der Waals surface area contributed by atoms with Crippen molar-refractivity contribution in [3.05, 3.63) is 29.8 Å². The van der Waals surface area contributed by atoms with Gasteiger partial charge in [0, 0.05) is 38.7 Å². The van der Waals surface area contributed by atoms with E-state index < -0.39 is 0 Å². The topological polar surface area (TPSA) is 69.7 Å². The van der Waals surface area contributed by atoms with Crippen LogP contribution >= 0.6 is 0 Å².